The molecular formula is C21H23Br2N3O4S. The van der Waals surface area contributed by atoms with Gasteiger partial charge in [-0.1, -0.05) is 22.9 Å². The standard InChI is InChI=1S/C21H23Br2N3O4S/c1-4-13(3)30-16-7-5-14(6-8-16)20(28)24-21(31)26-25-18(27)11-29-19-12(2)9-15(22)10-17(19)23/h5-10,13H,4,11H2,1-3H3,(H,25,27)(H2,24,26,28,31). The number of nitrogens with one attached hydrogen (secondary N) is 3. The maximum absolute atomic E-state index is 12.3. The number of carbonyl (C=O) groups is 2. The fraction of sp³-hybridized carbons (Fsp3) is 0.286. The van der Waals surface area contributed by atoms with Crippen molar-refractivity contribution in [3.8, 4) is 11.5 Å². The molecule has 2 aromatic carbocycles. The number of thiocarbonyl (C=S) groups is 1. The van der Waals surface area contributed by atoms with Crippen molar-refractivity contribution in [2.45, 2.75) is 33.3 Å². The highest BCUT2D eigenvalue weighted by Gasteiger charge is 2.12. The molecule has 2 amide bonds. The maximum Gasteiger partial charge on any atom is 0.276 e. The minimum Gasteiger partial charge on any atom is -0.491 e. The molecule has 0 saturated carbocycles. The SMILES string of the molecule is CCC(C)Oc1ccc(C(=O)NC(=S)NNC(=O)COc2c(C)cc(Br)cc2Br)cc1. The van der Waals surface area contributed by atoms with Crippen LogP contribution in [-0.2, 0) is 4.79 Å². The number of rotatable bonds is 7. The van der Waals surface area contributed by atoms with Crippen LogP contribution in [0.4, 0.5) is 0 Å². The van der Waals surface area contributed by atoms with Crippen LogP contribution in [0.1, 0.15) is 36.2 Å². The van der Waals surface area contributed by atoms with Crippen LogP contribution in [0.25, 0.3) is 0 Å². The Morgan fingerprint density at radius 3 is 2.42 bits per heavy atom. The van der Waals surface area contributed by atoms with Crippen LogP contribution < -0.4 is 25.6 Å². The number of hydrogen-bond acceptors (Lipinski definition) is 5. The van der Waals surface area contributed by atoms with E-state index in [-0.39, 0.29) is 17.8 Å². The van der Waals surface area contributed by atoms with Crippen molar-refractivity contribution in [2.24, 2.45) is 0 Å². The van der Waals surface area contributed by atoms with Gasteiger partial charge in [0, 0.05) is 10.0 Å². The number of benzene rings is 2. The molecule has 0 aliphatic heterocycles. The molecule has 7 nitrogen and oxygen atoms in total. The lowest BCUT2D eigenvalue weighted by Crippen LogP contribution is -2.49. The third-order valence-corrected chi connectivity index (χ3v) is 5.36. The summed E-state index contributed by atoms with van der Waals surface area (Å²) < 4.78 is 12.9. The van der Waals surface area contributed by atoms with Crippen molar-refractivity contribution in [3.05, 3.63) is 56.5 Å². The average molecular weight is 573 g/mol. The summed E-state index contributed by atoms with van der Waals surface area (Å²) in [6.07, 6.45) is 0.983. The summed E-state index contributed by atoms with van der Waals surface area (Å²) in [7, 11) is 0. The van der Waals surface area contributed by atoms with E-state index in [1.807, 2.05) is 32.9 Å². The summed E-state index contributed by atoms with van der Waals surface area (Å²) in [5, 5.41) is 2.45. The first-order valence-corrected chi connectivity index (χ1v) is 11.4. The van der Waals surface area contributed by atoms with Gasteiger partial charge in [-0.2, -0.15) is 0 Å². The lowest BCUT2D eigenvalue weighted by molar-refractivity contribution is -0.123. The Kier molecular flexibility index (Phi) is 9.73. The first-order chi connectivity index (χ1) is 14.7. The molecule has 0 aliphatic carbocycles. The van der Waals surface area contributed by atoms with Gasteiger partial charge in [-0.3, -0.25) is 25.8 Å². The smallest absolute Gasteiger partial charge is 0.276 e. The molecule has 31 heavy (non-hydrogen) atoms. The summed E-state index contributed by atoms with van der Waals surface area (Å²) in [5.41, 5.74) is 6.14. The number of hydrazine groups is 1. The minimum absolute atomic E-state index is 0.0423. The summed E-state index contributed by atoms with van der Waals surface area (Å²) in [4.78, 5) is 24.3. The summed E-state index contributed by atoms with van der Waals surface area (Å²) in [6.45, 7) is 5.64. The second kappa shape index (κ2) is 12.0. The Balaban J connectivity index is 1.78. The van der Waals surface area contributed by atoms with Gasteiger partial charge in [0.05, 0.1) is 10.6 Å². The highest BCUT2D eigenvalue weighted by molar-refractivity contribution is 9.11. The first kappa shape index (κ1) is 25.1. The van der Waals surface area contributed by atoms with Crippen LogP contribution >= 0.6 is 44.1 Å². The molecule has 0 bridgehead atoms. The van der Waals surface area contributed by atoms with E-state index in [0.717, 1.165) is 20.9 Å². The Morgan fingerprint density at radius 2 is 1.81 bits per heavy atom. The van der Waals surface area contributed by atoms with Gasteiger partial charge < -0.3 is 9.47 Å². The Labute approximate surface area is 203 Å². The van der Waals surface area contributed by atoms with Gasteiger partial charge in [0.15, 0.2) is 11.7 Å². The molecule has 166 valence electrons. The van der Waals surface area contributed by atoms with Gasteiger partial charge in [0.25, 0.3) is 11.8 Å². The van der Waals surface area contributed by atoms with Gasteiger partial charge >= 0.3 is 0 Å². The molecule has 0 saturated heterocycles. The zero-order valence-electron chi connectivity index (χ0n) is 17.3. The van der Waals surface area contributed by atoms with Crippen LogP contribution in [0.5, 0.6) is 11.5 Å². The van der Waals surface area contributed by atoms with Crippen molar-refractivity contribution in [2.75, 3.05) is 6.61 Å². The van der Waals surface area contributed by atoms with E-state index in [9.17, 15) is 9.59 Å². The summed E-state index contributed by atoms with van der Waals surface area (Å²) in [6, 6.07) is 10.4. The zero-order chi connectivity index (χ0) is 23.0. The number of amides is 2. The van der Waals surface area contributed by atoms with E-state index < -0.39 is 11.8 Å². The minimum atomic E-state index is -0.461. The van der Waals surface area contributed by atoms with E-state index in [4.69, 9.17) is 21.7 Å². The lowest BCUT2D eigenvalue weighted by Gasteiger charge is -2.14. The maximum atomic E-state index is 12.3. The molecule has 3 N–H and O–H groups in total. The third-order valence-electron chi connectivity index (χ3n) is 4.11. The Morgan fingerprint density at radius 1 is 1.13 bits per heavy atom. The number of aryl methyl sites for hydroxylation is 1. The predicted octanol–water partition coefficient (Wildman–Crippen LogP) is 4.41. The van der Waals surface area contributed by atoms with Crippen LogP contribution in [0, 0.1) is 6.92 Å². The van der Waals surface area contributed by atoms with Crippen molar-refractivity contribution in [1.82, 2.24) is 16.2 Å². The van der Waals surface area contributed by atoms with Gasteiger partial charge in [0.2, 0.25) is 0 Å². The molecule has 10 heteroatoms. The average Bonchev–Trinajstić information content (AvgIpc) is 2.71. The molecule has 0 radical (unpaired) electrons. The van der Waals surface area contributed by atoms with E-state index >= 15 is 0 Å². The van der Waals surface area contributed by atoms with E-state index in [1.54, 1.807) is 24.3 Å². The quantitative estimate of drug-likeness (QED) is 0.336. The number of halogens is 2. The van der Waals surface area contributed by atoms with E-state index in [2.05, 4.69) is 48.0 Å². The van der Waals surface area contributed by atoms with E-state index in [0.29, 0.717) is 17.1 Å². The van der Waals surface area contributed by atoms with Gasteiger partial charge in [0.1, 0.15) is 11.5 Å². The molecular weight excluding hydrogens is 550 g/mol. The molecule has 1 atom stereocenters. The zero-order valence-corrected chi connectivity index (χ0v) is 21.2. The molecule has 2 rings (SSSR count). The number of hydrogen-bond donors (Lipinski definition) is 3. The van der Waals surface area contributed by atoms with Crippen LogP contribution in [-0.4, -0.2) is 29.6 Å². The largest absolute Gasteiger partial charge is 0.491 e. The van der Waals surface area contributed by atoms with Crippen LogP contribution in [0.15, 0.2) is 45.3 Å². The Hall–Kier alpha value is -2.17. The predicted molar refractivity (Wildman–Crippen MR) is 130 cm³/mol. The Bertz CT molecular complexity index is 931. The molecule has 0 aromatic heterocycles. The highest BCUT2D eigenvalue weighted by atomic mass is 79.9. The van der Waals surface area contributed by atoms with Crippen molar-refractivity contribution in [3.63, 3.8) is 0 Å². The molecule has 0 heterocycles. The molecule has 0 fully saturated rings. The second-order valence-electron chi connectivity index (χ2n) is 6.64. The van der Waals surface area contributed by atoms with Crippen molar-refractivity contribution >= 4 is 61.0 Å². The fourth-order valence-corrected chi connectivity index (χ4v) is 4.08. The monoisotopic (exact) mass is 571 g/mol. The van der Waals surface area contributed by atoms with Gasteiger partial charge in [-0.25, -0.2) is 0 Å². The third kappa shape index (κ3) is 8.12. The number of ether oxygens (including phenoxy) is 2. The second-order valence-corrected chi connectivity index (χ2v) is 8.82. The van der Waals surface area contributed by atoms with Gasteiger partial charge in [-0.05, 0) is 90.4 Å². The molecule has 1 unspecified atom stereocenters. The highest BCUT2D eigenvalue weighted by Crippen LogP contribution is 2.32. The summed E-state index contributed by atoms with van der Waals surface area (Å²) >= 11 is 11.8. The van der Waals surface area contributed by atoms with Gasteiger partial charge in [-0.15, -0.1) is 0 Å². The lowest BCUT2D eigenvalue weighted by atomic mass is 10.2. The molecule has 0 spiro atoms. The van der Waals surface area contributed by atoms with Crippen molar-refractivity contribution in [1.29, 1.82) is 0 Å². The van der Waals surface area contributed by atoms with Crippen LogP contribution in [0.3, 0.4) is 0 Å². The first-order valence-electron chi connectivity index (χ1n) is 9.45. The van der Waals surface area contributed by atoms with Crippen molar-refractivity contribution < 1.29 is 19.1 Å². The summed E-state index contributed by atoms with van der Waals surface area (Å²) in [5.74, 6) is 0.381. The van der Waals surface area contributed by atoms with E-state index in [1.165, 1.54) is 0 Å². The molecule has 0 aliphatic rings. The number of carbonyl (C=O) groups excluding carboxylic acids is 2. The normalized spacial score (nSPS) is 11.3. The topological polar surface area (TPSA) is 88.7 Å². The molecule has 2 aromatic rings. The fourth-order valence-electron chi connectivity index (χ4n) is 2.38. The van der Waals surface area contributed by atoms with Crippen LogP contribution in [0.2, 0.25) is 0 Å².